The number of aromatic nitrogens is 2. The van der Waals surface area contributed by atoms with Gasteiger partial charge in [-0.2, -0.15) is 0 Å². The van der Waals surface area contributed by atoms with Crippen LogP contribution in [0.2, 0.25) is 0 Å². The molecule has 1 N–H and O–H groups in total. The summed E-state index contributed by atoms with van der Waals surface area (Å²) in [5, 5.41) is 0.390. The van der Waals surface area contributed by atoms with Crippen LogP contribution in [0, 0.1) is 6.92 Å². The highest BCUT2D eigenvalue weighted by molar-refractivity contribution is 5.94. The number of H-pyrrole nitrogens is 1. The maximum Gasteiger partial charge on any atom is 0.343 e. The molecule has 0 fully saturated rings. The van der Waals surface area contributed by atoms with E-state index in [1.54, 1.807) is 26.1 Å². The van der Waals surface area contributed by atoms with E-state index in [1.165, 1.54) is 6.20 Å². The average molecular weight is 232 g/mol. The lowest BCUT2D eigenvalue weighted by Gasteiger charge is -2.06. The van der Waals surface area contributed by atoms with E-state index >= 15 is 0 Å². The Hall–Kier alpha value is -2.17. The minimum absolute atomic E-state index is 0.0485. The van der Waals surface area contributed by atoms with Gasteiger partial charge in [0, 0.05) is 18.1 Å². The highest BCUT2D eigenvalue weighted by Crippen LogP contribution is 2.10. The molecule has 5 nitrogen and oxygen atoms in total. The van der Waals surface area contributed by atoms with Crippen molar-refractivity contribution in [2.24, 2.45) is 0 Å². The number of hydrogen-bond acceptors (Lipinski definition) is 4. The highest BCUT2D eigenvalue weighted by Gasteiger charge is 2.17. The summed E-state index contributed by atoms with van der Waals surface area (Å²) in [5.41, 5.74) is 0.873. The fourth-order valence-electron chi connectivity index (χ4n) is 1.70. The van der Waals surface area contributed by atoms with Crippen LogP contribution in [-0.2, 0) is 4.74 Å². The van der Waals surface area contributed by atoms with Gasteiger partial charge < -0.3 is 9.72 Å². The van der Waals surface area contributed by atoms with E-state index in [-0.39, 0.29) is 17.6 Å². The number of ether oxygens (including phenoxy) is 1. The number of pyridine rings is 2. The number of nitrogens with zero attached hydrogens (tertiary/aromatic N) is 1. The first-order valence-electron chi connectivity index (χ1n) is 5.29. The SMILES string of the molecule is CCOC(=O)c1c(C)[nH]c2ccncc2c1=O. The quantitative estimate of drug-likeness (QED) is 0.794. The number of nitrogens with one attached hydrogen (secondary N) is 1. The Balaban J connectivity index is 2.72. The molecular formula is C12H12N2O3. The van der Waals surface area contributed by atoms with Gasteiger partial charge in [-0.1, -0.05) is 0 Å². The second-order valence-electron chi connectivity index (χ2n) is 3.60. The maximum absolute atomic E-state index is 12.1. The molecule has 0 saturated carbocycles. The van der Waals surface area contributed by atoms with Gasteiger partial charge in [0.2, 0.25) is 5.43 Å². The first kappa shape index (κ1) is 11.3. The number of carbonyl (C=O) groups is 1. The highest BCUT2D eigenvalue weighted by atomic mass is 16.5. The van der Waals surface area contributed by atoms with Gasteiger partial charge in [-0.25, -0.2) is 4.79 Å². The van der Waals surface area contributed by atoms with E-state index in [2.05, 4.69) is 9.97 Å². The van der Waals surface area contributed by atoms with Gasteiger partial charge in [-0.05, 0) is 19.9 Å². The molecule has 0 aliphatic heterocycles. The Bertz CT molecular complexity index is 631. The molecule has 88 valence electrons. The average Bonchev–Trinajstić information content (AvgIpc) is 2.29. The molecule has 0 atom stereocenters. The van der Waals surface area contributed by atoms with Crippen molar-refractivity contribution < 1.29 is 9.53 Å². The van der Waals surface area contributed by atoms with Gasteiger partial charge in [0.25, 0.3) is 0 Å². The molecule has 0 spiro atoms. The third kappa shape index (κ3) is 1.91. The van der Waals surface area contributed by atoms with E-state index < -0.39 is 5.97 Å². The summed E-state index contributed by atoms with van der Waals surface area (Å²) >= 11 is 0. The summed E-state index contributed by atoms with van der Waals surface area (Å²) < 4.78 is 4.86. The normalized spacial score (nSPS) is 10.5. The number of fused-ring (bicyclic) bond motifs is 1. The van der Waals surface area contributed by atoms with E-state index in [0.717, 1.165) is 0 Å². The maximum atomic E-state index is 12.1. The van der Waals surface area contributed by atoms with Crippen molar-refractivity contribution in [3.8, 4) is 0 Å². The van der Waals surface area contributed by atoms with Crippen molar-refractivity contribution in [2.75, 3.05) is 6.61 Å². The molecular weight excluding hydrogens is 220 g/mol. The fraction of sp³-hybridized carbons (Fsp3) is 0.250. The Kier molecular flexibility index (Phi) is 2.91. The molecule has 2 aromatic rings. The number of hydrogen-bond donors (Lipinski definition) is 1. The molecule has 0 unspecified atom stereocenters. The van der Waals surface area contributed by atoms with Crippen LogP contribution in [0.4, 0.5) is 0 Å². The lowest BCUT2D eigenvalue weighted by atomic mass is 10.1. The van der Waals surface area contributed by atoms with Crippen molar-refractivity contribution in [3.63, 3.8) is 0 Å². The van der Waals surface area contributed by atoms with Gasteiger partial charge in [0.15, 0.2) is 0 Å². The van der Waals surface area contributed by atoms with Gasteiger partial charge >= 0.3 is 5.97 Å². The largest absolute Gasteiger partial charge is 0.462 e. The molecule has 0 aliphatic carbocycles. The van der Waals surface area contributed by atoms with Crippen LogP contribution >= 0.6 is 0 Å². The summed E-state index contributed by atoms with van der Waals surface area (Å²) in [6.45, 7) is 3.61. The van der Waals surface area contributed by atoms with Gasteiger partial charge in [-0.15, -0.1) is 0 Å². The Morgan fingerprint density at radius 2 is 2.29 bits per heavy atom. The van der Waals surface area contributed by atoms with Crippen LogP contribution in [0.25, 0.3) is 10.9 Å². The van der Waals surface area contributed by atoms with Crippen LogP contribution in [0.1, 0.15) is 23.0 Å². The summed E-state index contributed by atoms with van der Waals surface area (Å²) in [6, 6.07) is 1.69. The number of carbonyl (C=O) groups excluding carboxylic acids is 1. The minimum atomic E-state index is -0.600. The van der Waals surface area contributed by atoms with Crippen molar-refractivity contribution in [1.29, 1.82) is 0 Å². The van der Waals surface area contributed by atoms with Crippen LogP contribution in [0.15, 0.2) is 23.3 Å². The number of aromatic amines is 1. The van der Waals surface area contributed by atoms with Gasteiger partial charge in [0.1, 0.15) is 5.56 Å². The molecule has 0 radical (unpaired) electrons. The minimum Gasteiger partial charge on any atom is -0.462 e. The zero-order valence-electron chi connectivity index (χ0n) is 9.61. The first-order valence-corrected chi connectivity index (χ1v) is 5.29. The first-order chi connectivity index (χ1) is 8.15. The predicted octanol–water partition coefficient (Wildman–Crippen LogP) is 1.41. The third-order valence-corrected chi connectivity index (χ3v) is 2.47. The molecule has 0 aromatic carbocycles. The number of esters is 1. The molecule has 2 rings (SSSR count). The zero-order valence-corrected chi connectivity index (χ0v) is 9.61. The van der Waals surface area contributed by atoms with Crippen LogP contribution in [0.3, 0.4) is 0 Å². The molecule has 2 aromatic heterocycles. The summed E-state index contributed by atoms with van der Waals surface area (Å²) in [5.74, 6) is -0.600. The molecule has 0 bridgehead atoms. The van der Waals surface area contributed by atoms with E-state index in [4.69, 9.17) is 4.74 Å². The summed E-state index contributed by atoms with van der Waals surface area (Å²) in [6.07, 6.45) is 3.03. The molecule has 17 heavy (non-hydrogen) atoms. The van der Waals surface area contributed by atoms with Gasteiger partial charge in [-0.3, -0.25) is 9.78 Å². The second kappa shape index (κ2) is 4.37. The van der Waals surface area contributed by atoms with Crippen molar-refractivity contribution in [1.82, 2.24) is 9.97 Å². The predicted molar refractivity (Wildman–Crippen MR) is 63.1 cm³/mol. The van der Waals surface area contributed by atoms with Crippen LogP contribution < -0.4 is 5.43 Å². The van der Waals surface area contributed by atoms with E-state index in [0.29, 0.717) is 16.6 Å². The van der Waals surface area contributed by atoms with Gasteiger partial charge in [0.05, 0.1) is 17.5 Å². The monoisotopic (exact) mass is 232 g/mol. The van der Waals surface area contributed by atoms with Crippen molar-refractivity contribution in [3.05, 3.63) is 39.9 Å². The Morgan fingerprint density at radius 3 is 3.00 bits per heavy atom. The summed E-state index contributed by atoms with van der Waals surface area (Å²) in [4.78, 5) is 30.6. The Morgan fingerprint density at radius 1 is 1.53 bits per heavy atom. The van der Waals surface area contributed by atoms with Crippen LogP contribution in [-0.4, -0.2) is 22.5 Å². The Labute approximate surface area is 97.4 Å². The third-order valence-electron chi connectivity index (χ3n) is 2.47. The molecule has 0 aliphatic rings. The standard InChI is InChI=1S/C12H12N2O3/c1-3-17-12(16)10-7(2)14-9-4-5-13-6-8(9)11(10)15/h4-6H,3H2,1-2H3,(H,14,15). The lowest BCUT2D eigenvalue weighted by molar-refractivity contribution is 0.0524. The zero-order chi connectivity index (χ0) is 12.4. The number of rotatable bonds is 2. The smallest absolute Gasteiger partial charge is 0.343 e. The fourth-order valence-corrected chi connectivity index (χ4v) is 1.70. The molecule has 0 amide bonds. The molecule has 2 heterocycles. The molecule has 0 saturated heterocycles. The second-order valence-corrected chi connectivity index (χ2v) is 3.60. The lowest BCUT2D eigenvalue weighted by Crippen LogP contribution is -2.20. The van der Waals surface area contributed by atoms with E-state index in [9.17, 15) is 9.59 Å². The summed E-state index contributed by atoms with van der Waals surface area (Å²) in [7, 11) is 0. The number of aryl methyl sites for hydroxylation is 1. The van der Waals surface area contributed by atoms with Crippen LogP contribution in [0.5, 0.6) is 0 Å². The topological polar surface area (TPSA) is 72.1 Å². The van der Waals surface area contributed by atoms with Crippen molar-refractivity contribution >= 4 is 16.9 Å². The van der Waals surface area contributed by atoms with Crippen molar-refractivity contribution in [2.45, 2.75) is 13.8 Å². The molecule has 5 heteroatoms. The van der Waals surface area contributed by atoms with E-state index in [1.807, 2.05) is 0 Å².